The van der Waals surface area contributed by atoms with Crippen LogP contribution in [0.15, 0.2) is 48.5 Å². The highest BCUT2D eigenvalue weighted by molar-refractivity contribution is 5.31. The van der Waals surface area contributed by atoms with Crippen LogP contribution < -0.4 is 16.2 Å². The summed E-state index contributed by atoms with van der Waals surface area (Å²) in [6.07, 6.45) is 0. The third-order valence-corrected chi connectivity index (χ3v) is 3.11. The van der Waals surface area contributed by atoms with E-state index >= 15 is 0 Å². The van der Waals surface area contributed by atoms with Crippen LogP contribution in [0.2, 0.25) is 0 Å². The van der Waals surface area contributed by atoms with Crippen LogP contribution >= 0.6 is 0 Å². The summed E-state index contributed by atoms with van der Waals surface area (Å²) in [4.78, 5) is 0. The first kappa shape index (κ1) is 14.4. The third-order valence-electron chi connectivity index (χ3n) is 3.11. The molecular weight excluding hydrogens is 252 g/mol. The van der Waals surface area contributed by atoms with Gasteiger partial charge in [-0.05, 0) is 42.3 Å². The lowest BCUT2D eigenvalue weighted by Gasteiger charge is -2.15. The van der Waals surface area contributed by atoms with Gasteiger partial charge in [-0.3, -0.25) is 0 Å². The lowest BCUT2D eigenvalue weighted by atomic mass is 10.1. The number of rotatable bonds is 5. The molecule has 0 heterocycles. The monoisotopic (exact) mass is 272 g/mol. The van der Waals surface area contributed by atoms with E-state index in [9.17, 15) is 5.11 Å². The third kappa shape index (κ3) is 3.73. The molecule has 2 rings (SSSR count). The average Bonchev–Trinajstić information content (AvgIpc) is 2.45. The van der Waals surface area contributed by atoms with Gasteiger partial charge in [-0.15, -0.1) is 0 Å². The van der Waals surface area contributed by atoms with Gasteiger partial charge in [0.2, 0.25) is 0 Å². The zero-order chi connectivity index (χ0) is 14.5. The Kier molecular flexibility index (Phi) is 4.61. The molecule has 106 valence electrons. The first-order valence-corrected chi connectivity index (χ1v) is 6.59. The number of phenols is 1. The minimum absolute atomic E-state index is 0.0294. The molecule has 4 nitrogen and oxygen atoms in total. The largest absolute Gasteiger partial charge is 0.508 e. The van der Waals surface area contributed by atoms with Gasteiger partial charge in [0, 0.05) is 6.04 Å². The Morgan fingerprint density at radius 1 is 1.05 bits per heavy atom. The zero-order valence-electron chi connectivity index (χ0n) is 11.5. The smallest absolute Gasteiger partial charge is 0.119 e. The molecule has 0 saturated heterocycles. The van der Waals surface area contributed by atoms with Crippen molar-refractivity contribution in [3.8, 4) is 11.5 Å². The maximum atomic E-state index is 9.43. The van der Waals surface area contributed by atoms with Gasteiger partial charge in [0.25, 0.3) is 0 Å². The Morgan fingerprint density at radius 2 is 1.75 bits per heavy atom. The molecule has 0 amide bonds. The van der Waals surface area contributed by atoms with Crippen molar-refractivity contribution in [2.75, 3.05) is 6.61 Å². The molecule has 0 unspecified atom stereocenters. The minimum Gasteiger partial charge on any atom is -0.508 e. The fraction of sp³-hybridized carbons (Fsp3) is 0.250. The van der Waals surface area contributed by atoms with E-state index < -0.39 is 0 Å². The van der Waals surface area contributed by atoms with Gasteiger partial charge in [0.15, 0.2) is 0 Å². The summed E-state index contributed by atoms with van der Waals surface area (Å²) < 4.78 is 5.69. The van der Waals surface area contributed by atoms with Crippen molar-refractivity contribution in [1.29, 1.82) is 0 Å². The SMILES string of the molecule is C[C@@H](N)c1cccc(OC[C@H](N)c2cccc(O)c2)c1. The summed E-state index contributed by atoms with van der Waals surface area (Å²) in [5, 5.41) is 9.43. The summed E-state index contributed by atoms with van der Waals surface area (Å²) in [6, 6.07) is 14.2. The van der Waals surface area contributed by atoms with E-state index in [0.29, 0.717) is 6.61 Å². The second-order valence-corrected chi connectivity index (χ2v) is 4.87. The lowest BCUT2D eigenvalue weighted by molar-refractivity contribution is 0.290. The van der Waals surface area contributed by atoms with E-state index in [4.69, 9.17) is 16.2 Å². The Bertz CT molecular complexity index is 570. The predicted octanol–water partition coefficient (Wildman–Crippen LogP) is 2.49. The van der Waals surface area contributed by atoms with Crippen LogP contribution in [0.3, 0.4) is 0 Å². The molecule has 0 radical (unpaired) electrons. The molecule has 0 aliphatic carbocycles. The summed E-state index contributed by atoms with van der Waals surface area (Å²) in [7, 11) is 0. The molecule has 0 bridgehead atoms. The van der Waals surface area contributed by atoms with Gasteiger partial charge in [-0.2, -0.15) is 0 Å². The summed E-state index contributed by atoms with van der Waals surface area (Å²) in [5.74, 6) is 0.951. The van der Waals surface area contributed by atoms with Crippen molar-refractivity contribution in [3.63, 3.8) is 0 Å². The molecule has 2 aromatic carbocycles. The number of hydrogen-bond acceptors (Lipinski definition) is 4. The number of benzene rings is 2. The van der Waals surface area contributed by atoms with Crippen LogP contribution in [-0.2, 0) is 0 Å². The highest BCUT2D eigenvalue weighted by atomic mass is 16.5. The Morgan fingerprint density at radius 3 is 2.45 bits per heavy atom. The van der Waals surface area contributed by atoms with Gasteiger partial charge in [-0.1, -0.05) is 24.3 Å². The van der Waals surface area contributed by atoms with Gasteiger partial charge >= 0.3 is 0 Å². The molecule has 0 saturated carbocycles. The van der Waals surface area contributed by atoms with Gasteiger partial charge in [-0.25, -0.2) is 0 Å². The zero-order valence-corrected chi connectivity index (χ0v) is 11.5. The normalized spacial score (nSPS) is 13.8. The van der Waals surface area contributed by atoms with E-state index in [0.717, 1.165) is 16.9 Å². The van der Waals surface area contributed by atoms with Gasteiger partial charge in [0.05, 0.1) is 6.04 Å². The molecule has 0 fully saturated rings. The quantitative estimate of drug-likeness (QED) is 0.781. The van der Waals surface area contributed by atoms with Crippen LogP contribution in [0.4, 0.5) is 0 Å². The van der Waals surface area contributed by atoms with E-state index in [1.165, 1.54) is 0 Å². The Hall–Kier alpha value is -2.04. The van der Waals surface area contributed by atoms with Crippen molar-refractivity contribution in [1.82, 2.24) is 0 Å². The number of aromatic hydroxyl groups is 1. The molecule has 0 spiro atoms. The van der Waals surface area contributed by atoms with Crippen LogP contribution in [0.25, 0.3) is 0 Å². The van der Waals surface area contributed by atoms with Crippen molar-refractivity contribution < 1.29 is 9.84 Å². The van der Waals surface area contributed by atoms with E-state index in [-0.39, 0.29) is 17.8 Å². The standard InChI is InChI=1S/C16H20N2O2/c1-11(17)12-4-3-7-15(9-12)20-10-16(18)13-5-2-6-14(19)8-13/h2-9,11,16,19H,10,17-18H2,1H3/t11-,16+/m1/s1. The van der Waals surface area contributed by atoms with Gasteiger partial charge < -0.3 is 21.3 Å². The van der Waals surface area contributed by atoms with E-state index in [2.05, 4.69) is 0 Å². The Balaban J connectivity index is 1.99. The summed E-state index contributed by atoms with van der Waals surface area (Å²) in [5.41, 5.74) is 13.7. The fourth-order valence-corrected chi connectivity index (χ4v) is 1.93. The van der Waals surface area contributed by atoms with E-state index in [1.807, 2.05) is 37.3 Å². The number of phenolic OH excluding ortho intramolecular Hbond substituents is 1. The molecule has 5 N–H and O–H groups in total. The highest BCUT2D eigenvalue weighted by Gasteiger charge is 2.08. The second kappa shape index (κ2) is 6.41. The topological polar surface area (TPSA) is 81.5 Å². The summed E-state index contributed by atoms with van der Waals surface area (Å²) >= 11 is 0. The van der Waals surface area contributed by atoms with E-state index in [1.54, 1.807) is 18.2 Å². The van der Waals surface area contributed by atoms with Crippen molar-refractivity contribution in [2.45, 2.75) is 19.0 Å². The molecule has 2 atom stereocenters. The molecule has 2 aromatic rings. The molecule has 0 aliphatic rings. The second-order valence-electron chi connectivity index (χ2n) is 4.87. The highest BCUT2D eigenvalue weighted by Crippen LogP contribution is 2.20. The first-order chi connectivity index (χ1) is 9.56. The van der Waals surface area contributed by atoms with Gasteiger partial charge in [0.1, 0.15) is 18.1 Å². The van der Waals surface area contributed by atoms with Crippen LogP contribution in [-0.4, -0.2) is 11.7 Å². The van der Waals surface area contributed by atoms with Crippen molar-refractivity contribution in [2.24, 2.45) is 11.5 Å². The molecular formula is C16H20N2O2. The van der Waals surface area contributed by atoms with Crippen LogP contribution in [0.5, 0.6) is 11.5 Å². The number of ether oxygens (including phenoxy) is 1. The maximum Gasteiger partial charge on any atom is 0.119 e. The number of nitrogens with two attached hydrogens (primary N) is 2. The van der Waals surface area contributed by atoms with Crippen molar-refractivity contribution >= 4 is 0 Å². The fourth-order valence-electron chi connectivity index (χ4n) is 1.93. The Labute approximate surface area is 119 Å². The van der Waals surface area contributed by atoms with Crippen LogP contribution in [0.1, 0.15) is 30.1 Å². The molecule has 0 aliphatic heterocycles. The summed E-state index contributed by atoms with van der Waals surface area (Å²) in [6.45, 7) is 2.27. The lowest BCUT2D eigenvalue weighted by Crippen LogP contribution is -2.19. The average molecular weight is 272 g/mol. The van der Waals surface area contributed by atoms with Crippen LogP contribution in [0, 0.1) is 0 Å². The number of hydrogen-bond donors (Lipinski definition) is 3. The maximum absolute atomic E-state index is 9.43. The molecule has 20 heavy (non-hydrogen) atoms. The van der Waals surface area contributed by atoms with Crippen molar-refractivity contribution in [3.05, 3.63) is 59.7 Å². The minimum atomic E-state index is -0.291. The first-order valence-electron chi connectivity index (χ1n) is 6.59. The molecule has 0 aromatic heterocycles. The molecule has 4 heteroatoms. The predicted molar refractivity (Wildman–Crippen MR) is 79.6 cm³/mol.